The Morgan fingerprint density at radius 2 is 1.95 bits per heavy atom. The highest BCUT2D eigenvalue weighted by Crippen LogP contribution is 2.12. The standard InChI is InChI=1S/C14H18N4O2/c1-2-8-16-11-12(15)18(14(20)17-13(11)19)9-10-6-4-3-5-7-10/h3-7,16H,2,8-9,15H2,1H3,(H,17,19,20). The number of hydrogen-bond acceptors (Lipinski definition) is 4. The molecular weight excluding hydrogens is 256 g/mol. The third-order valence-corrected chi connectivity index (χ3v) is 2.97. The Morgan fingerprint density at radius 3 is 2.60 bits per heavy atom. The molecule has 1 aromatic carbocycles. The minimum absolute atomic E-state index is 0.163. The Labute approximate surface area is 116 Å². The van der Waals surface area contributed by atoms with Gasteiger partial charge >= 0.3 is 5.69 Å². The van der Waals surface area contributed by atoms with Gasteiger partial charge in [-0.3, -0.25) is 14.3 Å². The number of nitrogens with one attached hydrogen (secondary N) is 2. The van der Waals surface area contributed by atoms with Gasteiger partial charge in [0, 0.05) is 6.54 Å². The van der Waals surface area contributed by atoms with E-state index in [9.17, 15) is 9.59 Å². The van der Waals surface area contributed by atoms with E-state index >= 15 is 0 Å². The average Bonchev–Trinajstić information content (AvgIpc) is 2.44. The third kappa shape index (κ3) is 2.90. The van der Waals surface area contributed by atoms with E-state index < -0.39 is 11.2 Å². The van der Waals surface area contributed by atoms with Crippen molar-refractivity contribution in [2.45, 2.75) is 19.9 Å². The predicted molar refractivity (Wildman–Crippen MR) is 80.1 cm³/mol. The van der Waals surface area contributed by atoms with Crippen LogP contribution in [0.1, 0.15) is 18.9 Å². The van der Waals surface area contributed by atoms with E-state index in [1.807, 2.05) is 37.3 Å². The number of benzene rings is 1. The zero-order valence-electron chi connectivity index (χ0n) is 11.3. The lowest BCUT2D eigenvalue weighted by Crippen LogP contribution is -2.34. The van der Waals surface area contributed by atoms with E-state index in [1.54, 1.807) is 0 Å². The van der Waals surface area contributed by atoms with Crippen molar-refractivity contribution in [2.24, 2.45) is 0 Å². The van der Waals surface area contributed by atoms with E-state index in [0.717, 1.165) is 12.0 Å². The molecule has 0 bridgehead atoms. The fourth-order valence-electron chi connectivity index (χ4n) is 1.93. The number of aromatic nitrogens is 2. The molecule has 6 nitrogen and oxygen atoms in total. The molecule has 4 N–H and O–H groups in total. The fourth-order valence-corrected chi connectivity index (χ4v) is 1.93. The highest BCUT2D eigenvalue weighted by molar-refractivity contribution is 5.60. The molecule has 106 valence electrons. The minimum atomic E-state index is -0.501. The number of hydrogen-bond donors (Lipinski definition) is 3. The van der Waals surface area contributed by atoms with Crippen LogP contribution in [0.4, 0.5) is 11.5 Å². The summed E-state index contributed by atoms with van der Waals surface area (Å²) in [6.07, 6.45) is 0.858. The van der Waals surface area contributed by atoms with Crippen molar-refractivity contribution in [3.05, 3.63) is 56.7 Å². The van der Waals surface area contributed by atoms with Gasteiger partial charge in [-0.25, -0.2) is 4.79 Å². The molecule has 0 aliphatic heterocycles. The molecular formula is C14H18N4O2. The van der Waals surface area contributed by atoms with Gasteiger partial charge in [0.2, 0.25) is 0 Å². The average molecular weight is 274 g/mol. The lowest BCUT2D eigenvalue weighted by molar-refractivity contribution is 0.733. The Balaban J connectivity index is 2.42. The zero-order valence-corrected chi connectivity index (χ0v) is 11.3. The van der Waals surface area contributed by atoms with Crippen molar-refractivity contribution in [3.63, 3.8) is 0 Å². The van der Waals surface area contributed by atoms with E-state index in [2.05, 4.69) is 10.3 Å². The monoisotopic (exact) mass is 274 g/mol. The molecule has 0 amide bonds. The van der Waals surface area contributed by atoms with Crippen LogP contribution in [0.15, 0.2) is 39.9 Å². The normalized spacial score (nSPS) is 10.4. The SMILES string of the molecule is CCCNc1c(N)n(Cc2ccccc2)c(=O)[nH]c1=O. The molecule has 0 unspecified atom stereocenters. The smallest absolute Gasteiger partial charge is 0.330 e. The number of aromatic amines is 1. The Hall–Kier alpha value is -2.50. The van der Waals surface area contributed by atoms with Gasteiger partial charge in [0.05, 0.1) is 6.54 Å². The largest absolute Gasteiger partial charge is 0.383 e. The second-order valence-electron chi connectivity index (χ2n) is 4.52. The van der Waals surface area contributed by atoms with Gasteiger partial charge in [0.1, 0.15) is 11.5 Å². The number of nitrogens with zero attached hydrogens (tertiary/aromatic N) is 1. The Morgan fingerprint density at radius 1 is 1.25 bits per heavy atom. The maximum atomic E-state index is 11.9. The van der Waals surface area contributed by atoms with Crippen molar-refractivity contribution in [3.8, 4) is 0 Å². The molecule has 20 heavy (non-hydrogen) atoms. The van der Waals surface area contributed by atoms with Crippen LogP contribution in [-0.4, -0.2) is 16.1 Å². The highest BCUT2D eigenvalue weighted by atomic mass is 16.2. The van der Waals surface area contributed by atoms with Crippen molar-refractivity contribution in [1.82, 2.24) is 9.55 Å². The first-order valence-electron chi connectivity index (χ1n) is 6.54. The molecule has 0 spiro atoms. The van der Waals surface area contributed by atoms with Crippen LogP contribution in [0.3, 0.4) is 0 Å². The van der Waals surface area contributed by atoms with Gasteiger partial charge in [0.15, 0.2) is 0 Å². The summed E-state index contributed by atoms with van der Waals surface area (Å²) in [7, 11) is 0. The quantitative estimate of drug-likeness (QED) is 0.758. The first kappa shape index (κ1) is 13.9. The van der Waals surface area contributed by atoms with Crippen LogP contribution < -0.4 is 22.3 Å². The topological polar surface area (TPSA) is 92.9 Å². The zero-order chi connectivity index (χ0) is 14.5. The molecule has 6 heteroatoms. The van der Waals surface area contributed by atoms with Crippen LogP contribution in [0.5, 0.6) is 0 Å². The Kier molecular flexibility index (Phi) is 4.24. The highest BCUT2D eigenvalue weighted by Gasteiger charge is 2.11. The van der Waals surface area contributed by atoms with Crippen molar-refractivity contribution < 1.29 is 0 Å². The summed E-state index contributed by atoms with van der Waals surface area (Å²) in [6.45, 7) is 2.93. The van der Waals surface area contributed by atoms with E-state index in [0.29, 0.717) is 13.1 Å². The first-order chi connectivity index (χ1) is 9.63. The second-order valence-corrected chi connectivity index (χ2v) is 4.52. The first-order valence-corrected chi connectivity index (χ1v) is 6.54. The molecule has 0 saturated heterocycles. The summed E-state index contributed by atoms with van der Waals surface area (Å²) in [5.41, 5.74) is 6.16. The number of nitrogen functional groups attached to an aromatic ring is 1. The molecule has 0 aliphatic rings. The van der Waals surface area contributed by atoms with Crippen LogP contribution >= 0.6 is 0 Å². The Bertz CT molecular complexity index is 689. The number of anilines is 2. The van der Waals surface area contributed by atoms with Crippen LogP contribution in [0, 0.1) is 0 Å². The van der Waals surface area contributed by atoms with Gasteiger partial charge in [-0.15, -0.1) is 0 Å². The molecule has 0 saturated carbocycles. The lowest BCUT2D eigenvalue weighted by Gasteiger charge is -2.13. The summed E-state index contributed by atoms with van der Waals surface area (Å²) in [6, 6.07) is 9.47. The van der Waals surface area contributed by atoms with Gasteiger partial charge in [-0.2, -0.15) is 0 Å². The van der Waals surface area contributed by atoms with Crippen LogP contribution in [0.2, 0.25) is 0 Å². The molecule has 2 aromatic rings. The molecule has 0 aliphatic carbocycles. The third-order valence-electron chi connectivity index (χ3n) is 2.97. The second kappa shape index (κ2) is 6.10. The molecule has 1 heterocycles. The molecule has 2 rings (SSSR count). The maximum absolute atomic E-state index is 11.9. The summed E-state index contributed by atoms with van der Waals surface area (Å²) >= 11 is 0. The molecule has 0 atom stereocenters. The summed E-state index contributed by atoms with van der Waals surface area (Å²) in [5.74, 6) is 0.163. The number of rotatable bonds is 5. The lowest BCUT2D eigenvalue weighted by atomic mass is 10.2. The van der Waals surface area contributed by atoms with E-state index in [1.165, 1.54) is 4.57 Å². The number of nitrogens with two attached hydrogens (primary N) is 1. The van der Waals surface area contributed by atoms with E-state index in [-0.39, 0.29) is 11.5 Å². The van der Waals surface area contributed by atoms with Crippen molar-refractivity contribution >= 4 is 11.5 Å². The van der Waals surface area contributed by atoms with Gasteiger partial charge in [0.25, 0.3) is 5.56 Å². The van der Waals surface area contributed by atoms with Gasteiger partial charge in [-0.1, -0.05) is 37.3 Å². The molecule has 0 radical (unpaired) electrons. The summed E-state index contributed by atoms with van der Waals surface area (Å²) < 4.78 is 1.36. The van der Waals surface area contributed by atoms with Crippen LogP contribution in [0.25, 0.3) is 0 Å². The minimum Gasteiger partial charge on any atom is -0.383 e. The molecule has 1 aromatic heterocycles. The molecule has 0 fully saturated rings. The van der Waals surface area contributed by atoms with Crippen molar-refractivity contribution in [1.29, 1.82) is 0 Å². The van der Waals surface area contributed by atoms with Gasteiger partial charge < -0.3 is 11.1 Å². The predicted octanol–water partition coefficient (Wildman–Crippen LogP) is 0.989. The van der Waals surface area contributed by atoms with Crippen LogP contribution in [-0.2, 0) is 6.54 Å². The number of H-pyrrole nitrogens is 1. The van der Waals surface area contributed by atoms with Gasteiger partial charge in [-0.05, 0) is 12.0 Å². The van der Waals surface area contributed by atoms with E-state index in [4.69, 9.17) is 5.73 Å². The summed E-state index contributed by atoms with van der Waals surface area (Å²) in [4.78, 5) is 25.9. The fraction of sp³-hybridized carbons (Fsp3) is 0.286. The maximum Gasteiger partial charge on any atom is 0.330 e. The van der Waals surface area contributed by atoms with Crippen molar-refractivity contribution in [2.75, 3.05) is 17.6 Å². The summed E-state index contributed by atoms with van der Waals surface area (Å²) in [5, 5.41) is 2.96.